The van der Waals surface area contributed by atoms with E-state index in [9.17, 15) is 4.79 Å². The summed E-state index contributed by atoms with van der Waals surface area (Å²) in [5.74, 6) is 1.88. The third-order valence-electron chi connectivity index (χ3n) is 5.26. The molecule has 0 spiro atoms. The Balaban J connectivity index is 0.00000167. The second-order valence-electron chi connectivity index (χ2n) is 7.68. The van der Waals surface area contributed by atoms with E-state index in [0.29, 0.717) is 34.0 Å². The minimum absolute atomic E-state index is 0.131. The molecule has 0 radical (unpaired) electrons. The summed E-state index contributed by atoms with van der Waals surface area (Å²) in [6, 6.07) is 12.9. The van der Waals surface area contributed by atoms with Crippen molar-refractivity contribution in [2.45, 2.75) is 40.5 Å². The zero-order valence-electron chi connectivity index (χ0n) is 20.9. The van der Waals surface area contributed by atoms with Gasteiger partial charge in [-0.2, -0.15) is 0 Å². The van der Waals surface area contributed by atoms with Crippen LogP contribution in [0.1, 0.15) is 39.3 Å². The van der Waals surface area contributed by atoms with Gasteiger partial charge in [0.05, 0.1) is 11.1 Å². The van der Waals surface area contributed by atoms with Crippen LogP contribution < -0.4 is 15.5 Å². The number of nitrogens with one attached hydrogen (secondary N) is 1. The first-order valence-corrected chi connectivity index (χ1v) is 12.0. The van der Waals surface area contributed by atoms with E-state index in [1.807, 2.05) is 86.9 Å². The Kier molecular flexibility index (Phi) is 9.02. The molecule has 4 rings (SSSR count). The Morgan fingerprint density at radius 1 is 1.17 bits per heavy atom. The van der Waals surface area contributed by atoms with Crippen molar-refractivity contribution in [3.8, 4) is 11.5 Å². The van der Waals surface area contributed by atoms with Gasteiger partial charge < -0.3 is 10.1 Å². The smallest absolute Gasteiger partial charge is 0.193 e. The zero-order chi connectivity index (χ0) is 25.2. The molecule has 2 heterocycles. The minimum Gasteiger partial charge on any atom is -0.455 e. The van der Waals surface area contributed by atoms with Crippen molar-refractivity contribution in [3.63, 3.8) is 0 Å². The van der Waals surface area contributed by atoms with E-state index >= 15 is 0 Å². The van der Waals surface area contributed by atoms with E-state index in [-0.39, 0.29) is 5.43 Å². The predicted molar refractivity (Wildman–Crippen MR) is 148 cm³/mol. The molecule has 0 fully saturated rings. The van der Waals surface area contributed by atoms with Gasteiger partial charge in [-0.25, -0.2) is 4.98 Å². The van der Waals surface area contributed by atoms with Gasteiger partial charge in [-0.05, 0) is 63.1 Å². The van der Waals surface area contributed by atoms with Gasteiger partial charge in [0.1, 0.15) is 17.3 Å². The number of aromatic nitrogens is 2. The quantitative estimate of drug-likeness (QED) is 0.361. The van der Waals surface area contributed by atoms with E-state index in [0.717, 1.165) is 24.2 Å². The number of aryl methyl sites for hydroxylation is 1. The molecule has 0 atom stereocenters. The maximum absolute atomic E-state index is 13.2. The lowest BCUT2D eigenvalue weighted by Crippen LogP contribution is -2.16. The summed E-state index contributed by atoms with van der Waals surface area (Å²) in [6.07, 6.45) is 15.8. The SMILES string of the molecule is C=C/C=C(\C=C/C)n1c(NC2=CCCC=C2)cc(=O)c2cc(Oc3ccccc3)c(C)nc21.CC. The highest BCUT2D eigenvalue weighted by Gasteiger charge is 2.16. The fourth-order valence-electron chi connectivity index (χ4n) is 3.73. The van der Waals surface area contributed by atoms with Crippen LogP contribution in [-0.4, -0.2) is 9.55 Å². The van der Waals surface area contributed by atoms with Crippen molar-refractivity contribution in [2.24, 2.45) is 0 Å². The van der Waals surface area contributed by atoms with Crippen molar-refractivity contribution in [3.05, 3.63) is 113 Å². The summed E-state index contributed by atoms with van der Waals surface area (Å²) in [4.78, 5) is 18.0. The zero-order valence-corrected chi connectivity index (χ0v) is 20.9. The number of hydrogen-bond donors (Lipinski definition) is 1. The lowest BCUT2D eigenvalue weighted by atomic mass is 10.1. The standard InChI is InChI=1S/C28H27N3O2.C2H6/c1-4-12-22(13-5-2)31-27(30-21-14-8-6-9-15-21)19-25(32)24-18-26(20(3)29-28(24)31)33-23-16-10-7-11-17-23;1-2/h4-5,7-8,10-19,30H,1,6,9H2,2-3H3;1-2H3/b13-5-,22-12+;. The van der Waals surface area contributed by atoms with Crippen LogP contribution in [0.2, 0.25) is 0 Å². The highest BCUT2D eigenvalue weighted by molar-refractivity contribution is 5.85. The molecule has 1 aliphatic rings. The summed E-state index contributed by atoms with van der Waals surface area (Å²) in [5.41, 5.74) is 2.89. The normalized spacial score (nSPS) is 13.3. The molecule has 0 amide bonds. The van der Waals surface area contributed by atoms with E-state index in [1.54, 1.807) is 18.2 Å². The van der Waals surface area contributed by atoms with Gasteiger partial charge in [-0.3, -0.25) is 9.36 Å². The maximum atomic E-state index is 13.2. The highest BCUT2D eigenvalue weighted by Crippen LogP contribution is 2.30. The molecular formula is C30H33N3O2. The van der Waals surface area contributed by atoms with Crippen LogP contribution in [-0.2, 0) is 0 Å². The van der Waals surface area contributed by atoms with E-state index < -0.39 is 0 Å². The van der Waals surface area contributed by atoms with Gasteiger partial charge in [0.2, 0.25) is 0 Å². The lowest BCUT2D eigenvalue weighted by Gasteiger charge is -2.20. The Morgan fingerprint density at radius 2 is 1.94 bits per heavy atom. The third kappa shape index (κ3) is 6.07. The molecule has 0 bridgehead atoms. The first kappa shape index (κ1) is 25.5. The van der Waals surface area contributed by atoms with E-state index in [4.69, 9.17) is 9.72 Å². The fraction of sp³-hybridized carbons (Fsp3) is 0.200. The molecule has 180 valence electrons. The number of anilines is 1. The molecule has 5 nitrogen and oxygen atoms in total. The molecule has 0 unspecified atom stereocenters. The van der Waals surface area contributed by atoms with Crippen molar-refractivity contribution in [2.75, 3.05) is 5.32 Å². The number of allylic oxidation sites excluding steroid dienone is 8. The van der Waals surface area contributed by atoms with Crippen LogP contribution in [0.4, 0.5) is 5.82 Å². The Morgan fingerprint density at radius 3 is 2.60 bits per heavy atom. The largest absolute Gasteiger partial charge is 0.455 e. The van der Waals surface area contributed by atoms with Gasteiger partial charge in [-0.1, -0.05) is 62.9 Å². The van der Waals surface area contributed by atoms with Crippen LogP contribution in [0.25, 0.3) is 16.7 Å². The first-order chi connectivity index (χ1) is 17.1. The molecular weight excluding hydrogens is 434 g/mol. The Bertz CT molecular complexity index is 1360. The van der Waals surface area contributed by atoms with Crippen molar-refractivity contribution >= 4 is 22.5 Å². The lowest BCUT2D eigenvalue weighted by molar-refractivity contribution is 0.477. The number of benzene rings is 1. The molecule has 0 saturated heterocycles. The van der Waals surface area contributed by atoms with Crippen LogP contribution in [0.5, 0.6) is 11.5 Å². The van der Waals surface area contributed by atoms with Gasteiger partial charge in [0, 0.05) is 17.5 Å². The predicted octanol–water partition coefficient (Wildman–Crippen LogP) is 7.77. The van der Waals surface area contributed by atoms with Gasteiger partial charge in [-0.15, -0.1) is 0 Å². The number of nitrogens with zero attached hydrogens (tertiary/aromatic N) is 2. The molecule has 5 heteroatoms. The topological polar surface area (TPSA) is 56.2 Å². The van der Waals surface area contributed by atoms with Crippen LogP contribution in [0.15, 0.2) is 102 Å². The molecule has 35 heavy (non-hydrogen) atoms. The summed E-state index contributed by atoms with van der Waals surface area (Å²) >= 11 is 0. The number of para-hydroxylation sites is 1. The molecule has 0 aliphatic heterocycles. The first-order valence-electron chi connectivity index (χ1n) is 12.0. The van der Waals surface area contributed by atoms with Crippen LogP contribution >= 0.6 is 0 Å². The third-order valence-corrected chi connectivity index (χ3v) is 5.26. The van der Waals surface area contributed by atoms with Crippen molar-refractivity contribution in [1.82, 2.24) is 9.55 Å². The molecule has 1 N–H and O–H groups in total. The van der Waals surface area contributed by atoms with Crippen molar-refractivity contribution < 1.29 is 4.74 Å². The molecule has 1 aromatic carbocycles. The second-order valence-corrected chi connectivity index (χ2v) is 7.68. The summed E-state index contributed by atoms with van der Waals surface area (Å²) < 4.78 is 7.98. The summed E-state index contributed by atoms with van der Waals surface area (Å²) in [7, 11) is 0. The number of hydrogen-bond acceptors (Lipinski definition) is 4. The molecule has 3 aromatic rings. The number of fused-ring (bicyclic) bond motifs is 1. The maximum Gasteiger partial charge on any atom is 0.193 e. The van der Waals surface area contributed by atoms with Gasteiger partial charge >= 0.3 is 0 Å². The average Bonchev–Trinajstić information content (AvgIpc) is 2.88. The molecule has 2 aromatic heterocycles. The average molecular weight is 468 g/mol. The fourth-order valence-corrected chi connectivity index (χ4v) is 3.73. The Hall–Kier alpha value is -4.12. The minimum atomic E-state index is -0.131. The molecule has 1 aliphatic carbocycles. The van der Waals surface area contributed by atoms with Gasteiger partial charge in [0.25, 0.3) is 0 Å². The highest BCUT2D eigenvalue weighted by atomic mass is 16.5. The monoisotopic (exact) mass is 467 g/mol. The Labute approximate surface area is 207 Å². The van der Waals surface area contributed by atoms with Crippen LogP contribution in [0.3, 0.4) is 0 Å². The summed E-state index contributed by atoms with van der Waals surface area (Å²) in [6.45, 7) is 11.7. The van der Waals surface area contributed by atoms with Crippen molar-refractivity contribution in [1.29, 1.82) is 0 Å². The second kappa shape index (κ2) is 12.4. The van der Waals surface area contributed by atoms with Crippen LogP contribution in [0, 0.1) is 6.92 Å². The van der Waals surface area contributed by atoms with Gasteiger partial charge in [0.15, 0.2) is 11.1 Å². The van der Waals surface area contributed by atoms with E-state index in [2.05, 4.69) is 24.0 Å². The molecule has 0 saturated carbocycles. The number of pyridine rings is 2. The number of rotatable bonds is 7. The summed E-state index contributed by atoms with van der Waals surface area (Å²) in [5, 5.41) is 3.89. The van der Waals surface area contributed by atoms with E-state index in [1.165, 1.54) is 0 Å². The number of ether oxygens (including phenoxy) is 1.